The van der Waals surface area contributed by atoms with Gasteiger partial charge in [0.25, 0.3) is 0 Å². The van der Waals surface area contributed by atoms with E-state index in [1.54, 1.807) is 18.0 Å². The minimum Gasteiger partial charge on any atom is -0.340 e. The molecule has 1 fully saturated rings. The molecule has 114 valence electrons. The Labute approximate surface area is 128 Å². The van der Waals surface area contributed by atoms with Crippen LogP contribution in [0.3, 0.4) is 0 Å². The maximum Gasteiger partial charge on any atom is 0.245 e. The van der Waals surface area contributed by atoms with Crippen LogP contribution in [0.5, 0.6) is 0 Å². The molecule has 0 bridgehead atoms. The lowest BCUT2D eigenvalue weighted by atomic mass is 10.1. The Hall–Kier alpha value is -1.62. The number of carbonyl (C=O) groups is 2. The highest BCUT2D eigenvalue weighted by atomic mass is 35.5. The number of likely N-dealkylation sites (N-methyl/N-ethyl adjacent to an activating group) is 1. The quantitative estimate of drug-likeness (QED) is 0.860. The van der Waals surface area contributed by atoms with Gasteiger partial charge < -0.3 is 9.80 Å². The van der Waals surface area contributed by atoms with Crippen molar-refractivity contribution in [3.63, 3.8) is 0 Å². The number of hydrogen-bond donors (Lipinski definition) is 0. The number of nitrogens with zero attached hydrogens (tertiary/aromatic N) is 2. The Bertz CT molecular complexity index is 565. The van der Waals surface area contributed by atoms with E-state index < -0.39 is 11.9 Å². The van der Waals surface area contributed by atoms with Crippen molar-refractivity contribution in [3.05, 3.63) is 34.6 Å². The molecule has 0 radical (unpaired) electrons. The molecular formula is C15H18ClFN2O2. The van der Waals surface area contributed by atoms with E-state index in [1.165, 1.54) is 24.0 Å². The standard InChI is InChI=1S/C15H18ClFN2O2/c1-10(20)19-7-3-4-14(19)15(21)18(2)9-11-5-6-12(17)8-13(11)16/h5-6,8,14H,3-4,7,9H2,1-2H3. The predicted octanol–water partition coefficient (Wildman–Crippen LogP) is 2.45. The average molecular weight is 313 g/mol. The lowest BCUT2D eigenvalue weighted by Crippen LogP contribution is -2.45. The summed E-state index contributed by atoms with van der Waals surface area (Å²) in [5.74, 6) is -0.599. The van der Waals surface area contributed by atoms with E-state index in [9.17, 15) is 14.0 Å². The summed E-state index contributed by atoms with van der Waals surface area (Å²) in [4.78, 5) is 27.1. The van der Waals surface area contributed by atoms with Crippen LogP contribution in [0.4, 0.5) is 4.39 Å². The van der Waals surface area contributed by atoms with E-state index in [4.69, 9.17) is 11.6 Å². The average Bonchev–Trinajstić information content (AvgIpc) is 2.90. The first-order chi connectivity index (χ1) is 9.90. The number of benzene rings is 1. The molecule has 0 spiro atoms. The van der Waals surface area contributed by atoms with Crippen LogP contribution in [0, 0.1) is 5.82 Å². The van der Waals surface area contributed by atoms with Crippen LogP contribution in [0.25, 0.3) is 0 Å². The number of likely N-dealkylation sites (tertiary alicyclic amines) is 1. The van der Waals surface area contributed by atoms with E-state index in [-0.39, 0.29) is 11.8 Å². The van der Waals surface area contributed by atoms with E-state index >= 15 is 0 Å². The number of halogens is 2. The van der Waals surface area contributed by atoms with Gasteiger partial charge in [-0.25, -0.2) is 4.39 Å². The number of amides is 2. The third kappa shape index (κ3) is 3.53. The second-order valence-electron chi connectivity index (χ2n) is 5.30. The molecule has 1 heterocycles. The summed E-state index contributed by atoms with van der Waals surface area (Å²) in [7, 11) is 1.67. The van der Waals surface area contributed by atoms with Crippen LogP contribution < -0.4 is 0 Å². The Morgan fingerprint density at radius 3 is 2.81 bits per heavy atom. The molecule has 1 saturated heterocycles. The molecule has 2 amide bonds. The first kappa shape index (κ1) is 15.8. The van der Waals surface area contributed by atoms with E-state index in [0.29, 0.717) is 30.1 Å². The van der Waals surface area contributed by atoms with Crippen molar-refractivity contribution >= 4 is 23.4 Å². The fourth-order valence-electron chi connectivity index (χ4n) is 2.64. The topological polar surface area (TPSA) is 40.6 Å². The molecule has 1 aromatic carbocycles. The van der Waals surface area contributed by atoms with Crippen molar-refractivity contribution in [2.75, 3.05) is 13.6 Å². The minimum atomic E-state index is -0.406. The smallest absolute Gasteiger partial charge is 0.245 e. The Morgan fingerprint density at radius 2 is 2.19 bits per heavy atom. The maximum atomic E-state index is 13.0. The van der Waals surface area contributed by atoms with Gasteiger partial charge in [0.15, 0.2) is 0 Å². The van der Waals surface area contributed by atoms with Gasteiger partial charge in [0.2, 0.25) is 11.8 Å². The Balaban J connectivity index is 2.07. The van der Waals surface area contributed by atoms with Gasteiger partial charge in [0, 0.05) is 32.1 Å². The van der Waals surface area contributed by atoms with Crippen molar-refractivity contribution in [1.82, 2.24) is 9.80 Å². The fourth-order valence-corrected chi connectivity index (χ4v) is 2.87. The van der Waals surface area contributed by atoms with Crippen LogP contribution in [-0.4, -0.2) is 41.2 Å². The maximum absolute atomic E-state index is 13.0. The molecule has 6 heteroatoms. The largest absolute Gasteiger partial charge is 0.340 e. The van der Waals surface area contributed by atoms with Crippen molar-refractivity contribution in [1.29, 1.82) is 0 Å². The van der Waals surface area contributed by atoms with Gasteiger partial charge in [-0.1, -0.05) is 17.7 Å². The van der Waals surface area contributed by atoms with Gasteiger partial charge in [-0.15, -0.1) is 0 Å². The predicted molar refractivity (Wildman–Crippen MR) is 78.3 cm³/mol. The van der Waals surface area contributed by atoms with Gasteiger partial charge in [-0.3, -0.25) is 9.59 Å². The van der Waals surface area contributed by atoms with Gasteiger partial charge in [0.05, 0.1) is 0 Å². The third-order valence-corrected chi connectivity index (χ3v) is 4.09. The molecule has 4 nitrogen and oxygen atoms in total. The van der Waals surface area contributed by atoms with Crippen LogP contribution in [-0.2, 0) is 16.1 Å². The van der Waals surface area contributed by atoms with Crippen LogP contribution in [0.15, 0.2) is 18.2 Å². The highest BCUT2D eigenvalue weighted by molar-refractivity contribution is 6.31. The number of carbonyl (C=O) groups excluding carboxylic acids is 2. The molecule has 1 unspecified atom stereocenters. The molecule has 1 aliphatic heterocycles. The molecule has 1 atom stereocenters. The second kappa shape index (κ2) is 6.43. The van der Waals surface area contributed by atoms with Gasteiger partial charge in [0.1, 0.15) is 11.9 Å². The molecule has 0 saturated carbocycles. The summed E-state index contributed by atoms with van der Waals surface area (Å²) in [6.45, 7) is 2.39. The van der Waals surface area contributed by atoms with Crippen LogP contribution in [0.1, 0.15) is 25.3 Å². The lowest BCUT2D eigenvalue weighted by Gasteiger charge is -2.27. The molecule has 0 aromatic heterocycles. The highest BCUT2D eigenvalue weighted by Gasteiger charge is 2.34. The zero-order valence-corrected chi connectivity index (χ0v) is 12.9. The van der Waals surface area contributed by atoms with E-state index in [0.717, 1.165) is 6.42 Å². The number of hydrogen-bond acceptors (Lipinski definition) is 2. The Kier molecular flexibility index (Phi) is 4.83. The van der Waals surface area contributed by atoms with E-state index in [1.807, 2.05) is 0 Å². The summed E-state index contributed by atoms with van der Waals surface area (Å²) < 4.78 is 13.0. The molecule has 0 aliphatic carbocycles. The summed E-state index contributed by atoms with van der Waals surface area (Å²) in [6.07, 6.45) is 1.51. The van der Waals surface area contributed by atoms with Crippen molar-refractivity contribution in [2.45, 2.75) is 32.4 Å². The van der Waals surface area contributed by atoms with Gasteiger partial charge in [-0.05, 0) is 30.5 Å². The first-order valence-electron chi connectivity index (χ1n) is 6.86. The molecule has 2 rings (SSSR count). The molecular weight excluding hydrogens is 295 g/mol. The zero-order chi connectivity index (χ0) is 15.6. The lowest BCUT2D eigenvalue weighted by molar-refractivity contribution is -0.142. The zero-order valence-electron chi connectivity index (χ0n) is 12.1. The normalized spacial score (nSPS) is 17.9. The van der Waals surface area contributed by atoms with Crippen LogP contribution >= 0.6 is 11.6 Å². The molecule has 1 aromatic rings. The second-order valence-corrected chi connectivity index (χ2v) is 5.71. The molecule has 21 heavy (non-hydrogen) atoms. The summed E-state index contributed by atoms with van der Waals surface area (Å²) >= 11 is 5.97. The van der Waals surface area contributed by atoms with Crippen LogP contribution in [0.2, 0.25) is 5.02 Å². The minimum absolute atomic E-state index is 0.0842. The first-order valence-corrected chi connectivity index (χ1v) is 7.24. The van der Waals surface area contributed by atoms with Crippen molar-refractivity contribution < 1.29 is 14.0 Å². The summed E-state index contributed by atoms with van der Waals surface area (Å²) in [5.41, 5.74) is 0.682. The highest BCUT2D eigenvalue weighted by Crippen LogP contribution is 2.22. The van der Waals surface area contributed by atoms with Gasteiger partial charge in [-0.2, -0.15) is 0 Å². The van der Waals surface area contributed by atoms with E-state index in [2.05, 4.69) is 0 Å². The van der Waals surface area contributed by atoms with Crippen molar-refractivity contribution in [2.24, 2.45) is 0 Å². The monoisotopic (exact) mass is 312 g/mol. The Morgan fingerprint density at radius 1 is 1.48 bits per heavy atom. The SMILES string of the molecule is CC(=O)N1CCCC1C(=O)N(C)Cc1ccc(F)cc1Cl. The molecule has 0 N–H and O–H groups in total. The fraction of sp³-hybridized carbons (Fsp3) is 0.467. The summed E-state index contributed by atoms with van der Waals surface area (Å²) in [6, 6.07) is 3.72. The summed E-state index contributed by atoms with van der Waals surface area (Å²) in [5, 5.41) is 0.296. The molecule has 1 aliphatic rings. The van der Waals surface area contributed by atoms with Gasteiger partial charge >= 0.3 is 0 Å². The third-order valence-electron chi connectivity index (χ3n) is 3.74. The van der Waals surface area contributed by atoms with Crippen molar-refractivity contribution in [3.8, 4) is 0 Å². The number of rotatable bonds is 3.